The van der Waals surface area contributed by atoms with Crippen molar-refractivity contribution >= 4 is 11.6 Å². The molecule has 0 bridgehead atoms. The van der Waals surface area contributed by atoms with Crippen molar-refractivity contribution in [3.05, 3.63) is 22.7 Å². The van der Waals surface area contributed by atoms with Gasteiger partial charge in [0.2, 0.25) is 0 Å². The molecule has 1 saturated heterocycles. The average Bonchev–Trinajstić information content (AvgIpc) is 3.05. The first kappa shape index (κ1) is 18.8. The van der Waals surface area contributed by atoms with Crippen LogP contribution in [0.1, 0.15) is 37.7 Å². The van der Waals surface area contributed by atoms with E-state index in [1.54, 1.807) is 14.2 Å². The van der Waals surface area contributed by atoms with Crippen LogP contribution in [0.2, 0.25) is 5.02 Å². The Morgan fingerprint density at radius 3 is 2.52 bits per heavy atom. The number of hydrogen-bond acceptors (Lipinski definition) is 5. The summed E-state index contributed by atoms with van der Waals surface area (Å²) in [5.74, 6) is 1.24. The summed E-state index contributed by atoms with van der Waals surface area (Å²) >= 11 is 6.28. The Hall–Kier alpha value is -1.01. The van der Waals surface area contributed by atoms with Gasteiger partial charge in [0.25, 0.3) is 0 Å². The fourth-order valence-corrected chi connectivity index (χ4v) is 4.43. The molecule has 0 amide bonds. The van der Waals surface area contributed by atoms with E-state index in [1.165, 1.54) is 0 Å². The van der Waals surface area contributed by atoms with Crippen LogP contribution >= 0.6 is 11.6 Å². The number of nitrogens with zero attached hydrogens (tertiary/aromatic N) is 1. The predicted molar refractivity (Wildman–Crippen MR) is 99.6 cm³/mol. The molecule has 2 unspecified atom stereocenters. The van der Waals surface area contributed by atoms with Crippen molar-refractivity contribution in [2.45, 2.75) is 56.8 Å². The van der Waals surface area contributed by atoms with Crippen molar-refractivity contribution in [2.75, 3.05) is 27.3 Å². The van der Waals surface area contributed by atoms with Crippen molar-refractivity contribution in [1.82, 2.24) is 10.2 Å². The quantitative estimate of drug-likeness (QED) is 0.808. The molecule has 1 heterocycles. The number of aliphatic hydroxyl groups excluding tert-OH is 1. The summed E-state index contributed by atoms with van der Waals surface area (Å²) < 4.78 is 10.6. The zero-order chi connectivity index (χ0) is 17.8. The fraction of sp³-hybridized carbons (Fsp3) is 0.684. The second kappa shape index (κ2) is 8.58. The van der Waals surface area contributed by atoms with Crippen molar-refractivity contribution in [1.29, 1.82) is 0 Å². The Bertz CT molecular complexity index is 576. The number of piperidine rings is 1. The summed E-state index contributed by atoms with van der Waals surface area (Å²) in [7, 11) is 3.22. The highest BCUT2D eigenvalue weighted by atomic mass is 35.5. The van der Waals surface area contributed by atoms with Crippen LogP contribution in [-0.4, -0.2) is 55.5 Å². The maximum Gasteiger partial charge on any atom is 0.179 e. The summed E-state index contributed by atoms with van der Waals surface area (Å²) in [6.45, 7) is 2.88. The summed E-state index contributed by atoms with van der Waals surface area (Å²) in [4.78, 5) is 2.48. The lowest BCUT2D eigenvalue weighted by molar-refractivity contribution is 0.0526. The maximum atomic E-state index is 10.1. The maximum absolute atomic E-state index is 10.1. The van der Waals surface area contributed by atoms with Gasteiger partial charge in [0.05, 0.1) is 25.3 Å². The van der Waals surface area contributed by atoms with Crippen molar-refractivity contribution in [2.24, 2.45) is 0 Å². The third-order valence-electron chi connectivity index (χ3n) is 5.53. The van der Waals surface area contributed by atoms with Crippen LogP contribution in [0.4, 0.5) is 0 Å². The van der Waals surface area contributed by atoms with Crippen LogP contribution in [0, 0.1) is 0 Å². The van der Waals surface area contributed by atoms with Crippen LogP contribution in [0.3, 0.4) is 0 Å². The summed E-state index contributed by atoms with van der Waals surface area (Å²) in [5, 5.41) is 14.3. The van der Waals surface area contributed by atoms with E-state index in [1.807, 2.05) is 12.1 Å². The molecule has 0 radical (unpaired) electrons. The minimum atomic E-state index is -0.126. The van der Waals surface area contributed by atoms with E-state index in [2.05, 4.69) is 10.2 Å². The van der Waals surface area contributed by atoms with Crippen LogP contribution in [-0.2, 0) is 6.54 Å². The highest BCUT2D eigenvalue weighted by Gasteiger charge is 2.32. The Balaban J connectivity index is 1.51. The van der Waals surface area contributed by atoms with Gasteiger partial charge in [0.15, 0.2) is 11.5 Å². The summed E-state index contributed by atoms with van der Waals surface area (Å²) in [6, 6.07) is 4.79. The van der Waals surface area contributed by atoms with Crippen molar-refractivity contribution < 1.29 is 14.6 Å². The van der Waals surface area contributed by atoms with Crippen LogP contribution in [0.5, 0.6) is 11.5 Å². The molecule has 3 rings (SSSR count). The molecule has 0 spiro atoms. The summed E-state index contributed by atoms with van der Waals surface area (Å²) in [5.41, 5.74) is 1.09. The van der Waals surface area contributed by atoms with Crippen LogP contribution < -0.4 is 14.8 Å². The molecule has 0 aromatic heterocycles. The molecule has 1 aliphatic carbocycles. The molecule has 2 aliphatic rings. The van der Waals surface area contributed by atoms with Crippen molar-refractivity contribution in [3.63, 3.8) is 0 Å². The van der Waals surface area contributed by atoms with Gasteiger partial charge in [-0.25, -0.2) is 0 Å². The van der Waals surface area contributed by atoms with Crippen molar-refractivity contribution in [3.8, 4) is 11.5 Å². The number of likely N-dealkylation sites (tertiary alicyclic amines) is 1. The van der Waals surface area contributed by atoms with Gasteiger partial charge < -0.3 is 19.9 Å². The number of ether oxygens (including phenoxy) is 2. The molecule has 5 nitrogen and oxygen atoms in total. The molecule has 6 heteroatoms. The van der Waals surface area contributed by atoms with E-state index in [4.69, 9.17) is 21.1 Å². The average molecular weight is 369 g/mol. The number of benzene rings is 1. The minimum absolute atomic E-state index is 0.126. The molecule has 2 fully saturated rings. The minimum Gasteiger partial charge on any atom is -0.493 e. The number of nitrogens with one attached hydrogen (secondary N) is 1. The van der Waals surface area contributed by atoms with E-state index >= 15 is 0 Å². The molecule has 1 aliphatic heterocycles. The van der Waals surface area contributed by atoms with Gasteiger partial charge in [-0.1, -0.05) is 11.6 Å². The first-order chi connectivity index (χ1) is 12.1. The molecule has 1 aromatic rings. The fourth-order valence-electron chi connectivity index (χ4n) is 4.12. The number of methoxy groups -OCH3 is 2. The van der Waals surface area contributed by atoms with Gasteiger partial charge >= 0.3 is 0 Å². The first-order valence-corrected chi connectivity index (χ1v) is 9.56. The molecule has 1 saturated carbocycles. The van der Waals surface area contributed by atoms with Gasteiger partial charge in [0, 0.05) is 31.7 Å². The van der Waals surface area contributed by atoms with Gasteiger partial charge in [-0.05, 0) is 49.8 Å². The monoisotopic (exact) mass is 368 g/mol. The number of halogens is 1. The topological polar surface area (TPSA) is 54.0 Å². The van der Waals surface area contributed by atoms with Gasteiger partial charge in [-0.2, -0.15) is 0 Å². The molecule has 25 heavy (non-hydrogen) atoms. The lowest BCUT2D eigenvalue weighted by atomic mass is 10.0. The molecule has 2 atom stereocenters. The normalized spacial score (nSPS) is 25.3. The van der Waals surface area contributed by atoms with Gasteiger partial charge in [-0.3, -0.25) is 4.90 Å². The second-order valence-corrected chi connectivity index (χ2v) is 7.48. The van der Waals surface area contributed by atoms with E-state index in [0.717, 1.165) is 57.3 Å². The standard InChI is InChI=1S/C19H29ClN2O3/c1-24-18-11-13(10-15(20)19(18)25-2)12-21-14-6-8-22(9-7-14)16-4-3-5-17(16)23/h10-11,14,16-17,21,23H,3-9,12H2,1-2H3. The van der Waals surface area contributed by atoms with E-state index in [0.29, 0.717) is 28.6 Å². The van der Waals surface area contributed by atoms with Gasteiger partial charge in [0.1, 0.15) is 0 Å². The first-order valence-electron chi connectivity index (χ1n) is 9.18. The Labute approximate surface area is 155 Å². The second-order valence-electron chi connectivity index (χ2n) is 7.07. The Kier molecular flexibility index (Phi) is 6.44. The van der Waals surface area contributed by atoms with E-state index in [9.17, 15) is 5.11 Å². The lowest BCUT2D eigenvalue weighted by Gasteiger charge is -2.37. The zero-order valence-electron chi connectivity index (χ0n) is 15.1. The third-order valence-corrected chi connectivity index (χ3v) is 5.81. The SMILES string of the molecule is COc1cc(CNC2CCN(C3CCCC3O)CC2)cc(Cl)c1OC. The number of hydrogen-bond donors (Lipinski definition) is 2. The van der Waals surface area contributed by atoms with E-state index < -0.39 is 0 Å². The predicted octanol–water partition coefficient (Wildman–Crippen LogP) is 2.82. The highest BCUT2D eigenvalue weighted by molar-refractivity contribution is 6.32. The largest absolute Gasteiger partial charge is 0.493 e. The molecule has 1 aromatic carbocycles. The van der Waals surface area contributed by atoms with Gasteiger partial charge in [-0.15, -0.1) is 0 Å². The molecule has 2 N–H and O–H groups in total. The summed E-state index contributed by atoms with van der Waals surface area (Å²) in [6.07, 6.45) is 5.36. The van der Waals surface area contributed by atoms with E-state index in [-0.39, 0.29) is 6.10 Å². The third kappa shape index (κ3) is 4.40. The Morgan fingerprint density at radius 1 is 1.16 bits per heavy atom. The molecular formula is C19H29ClN2O3. The lowest BCUT2D eigenvalue weighted by Crippen LogP contribution is -2.48. The Morgan fingerprint density at radius 2 is 1.92 bits per heavy atom. The van der Waals surface area contributed by atoms with Crippen LogP contribution in [0.25, 0.3) is 0 Å². The highest BCUT2D eigenvalue weighted by Crippen LogP contribution is 2.36. The molecular weight excluding hydrogens is 340 g/mol. The molecule has 140 valence electrons. The zero-order valence-corrected chi connectivity index (χ0v) is 15.9. The number of aliphatic hydroxyl groups is 1. The smallest absolute Gasteiger partial charge is 0.179 e. The number of rotatable bonds is 6. The van der Waals surface area contributed by atoms with Crippen LogP contribution in [0.15, 0.2) is 12.1 Å².